The number of carbonyl (C=O) groups excluding carboxylic acids is 1. The van der Waals surface area contributed by atoms with Gasteiger partial charge in [0.25, 0.3) is 0 Å². The zero-order valence-electron chi connectivity index (χ0n) is 13.4. The molecular weight excluding hydrogens is 318 g/mol. The fourth-order valence-corrected chi connectivity index (χ4v) is 2.16. The number of carbonyl (C=O) groups is 1. The summed E-state index contributed by atoms with van der Waals surface area (Å²) in [4.78, 5) is 11.5. The third-order valence-corrected chi connectivity index (χ3v) is 3.44. The number of aliphatic hydroxyl groups excluding tert-OH is 2. The Morgan fingerprint density at radius 2 is 1.92 bits per heavy atom. The van der Waals surface area contributed by atoms with Gasteiger partial charge in [-0.25, -0.2) is 0 Å². The molecule has 5 N–H and O–H groups in total. The van der Waals surface area contributed by atoms with Crippen LogP contribution in [-0.4, -0.2) is 22.7 Å². The standard InChI is InChI=1S/C19H17N3O3/c20-10-18(24)16-4-2-1-3-14(16)6-7-15-9-13(12-23)5-8-17(15)22-19(25)11-21/h1-5,8-9,18,23-24H,11-12,21H2,(H,22,25). The van der Waals surface area contributed by atoms with Crippen molar-refractivity contribution in [1.29, 1.82) is 5.26 Å². The molecule has 0 aliphatic rings. The minimum absolute atomic E-state index is 0.161. The molecule has 2 aromatic carbocycles. The summed E-state index contributed by atoms with van der Waals surface area (Å²) < 4.78 is 0. The van der Waals surface area contributed by atoms with Crippen LogP contribution in [0.2, 0.25) is 0 Å². The maximum absolute atomic E-state index is 11.5. The summed E-state index contributed by atoms with van der Waals surface area (Å²) in [5, 5.41) is 30.6. The highest BCUT2D eigenvalue weighted by atomic mass is 16.3. The number of nitrogens with zero attached hydrogens (tertiary/aromatic N) is 1. The normalized spacial score (nSPS) is 11.0. The fraction of sp³-hybridized carbons (Fsp3) is 0.158. The zero-order valence-corrected chi connectivity index (χ0v) is 13.4. The van der Waals surface area contributed by atoms with Gasteiger partial charge in [0.15, 0.2) is 6.10 Å². The molecule has 0 bridgehead atoms. The molecule has 0 spiro atoms. The van der Waals surface area contributed by atoms with Crippen molar-refractivity contribution >= 4 is 11.6 Å². The number of nitriles is 1. The lowest BCUT2D eigenvalue weighted by Gasteiger charge is -2.08. The lowest BCUT2D eigenvalue weighted by Crippen LogP contribution is -2.22. The predicted octanol–water partition coefficient (Wildman–Crippen LogP) is 1.03. The average molecular weight is 335 g/mol. The van der Waals surface area contributed by atoms with E-state index < -0.39 is 6.10 Å². The third kappa shape index (κ3) is 4.66. The fourth-order valence-electron chi connectivity index (χ4n) is 2.16. The molecule has 6 nitrogen and oxygen atoms in total. The molecule has 0 saturated carbocycles. The van der Waals surface area contributed by atoms with Crippen molar-refractivity contribution in [2.75, 3.05) is 11.9 Å². The second kappa shape index (κ2) is 8.62. The molecule has 2 rings (SSSR count). The molecule has 0 fully saturated rings. The number of nitrogens with one attached hydrogen (secondary N) is 1. The number of benzene rings is 2. The second-order valence-electron chi connectivity index (χ2n) is 5.16. The molecule has 0 aliphatic carbocycles. The Balaban J connectivity index is 2.46. The van der Waals surface area contributed by atoms with Crippen molar-refractivity contribution in [2.45, 2.75) is 12.7 Å². The van der Waals surface area contributed by atoms with E-state index in [1.807, 2.05) is 0 Å². The molecule has 0 aromatic heterocycles. The van der Waals surface area contributed by atoms with E-state index in [4.69, 9.17) is 11.0 Å². The van der Waals surface area contributed by atoms with E-state index in [1.165, 1.54) is 0 Å². The number of hydrogen-bond donors (Lipinski definition) is 4. The highest BCUT2D eigenvalue weighted by molar-refractivity contribution is 5.93. The lowest BCUT2D eigenvalue weighted by molar-refractivity contribution is -0.114. The first-order valence-corrected chi connectivity index (χ1v) is 7.51. The molecule has 126 valence electrons. The Hall–Kier alpha value is -3.16. The van der Waals surface area contributed by atoms with Gasteiger partial charge < -0.3 is 21.3 Å². The first-order valence-electron chi connectivity index (χ1n) is 7.51. The molecular formula is C19H17N3O3. The maximum atomic E-state index is 11.5. The topological polar surface area (TPSA) is 119 Å². The van der Waals surface area contributed by atoms with E-state index in [0.29, 0.717) is 27.9 Å². The average Bonchev–Trinajstić information content (AvgIpc) is 2.66. The van der Waals surface area contributed by atoms with Gasteiger partial charge in [-0.3, -0.25) is 4.79 Å². The zero-order chi connectivity index (χ0) is 18.2. The highest BCUT2D eigenvalue weighted by Gasteiger charge is 2.10. The predicted molar refractivity (Wildman–Crippen MR) is 93.0 cm³/mol. The molecule has 25 heavy (non-hydrogen) atoms. The maximum Gasteiger partial charge on any atom is 0.238 e. The summed E-state index contributed by atoms with van der Waals surface area (Å²) in [6, 6.07) is 13.5. The molecule has 1 unspecified atom stereocenters. The third-order valence-electron chi connectivity index (χ3n) is 3.44. The Morgan fingerprint density at radius 1 is 1.20 bits per heavy atom. The van der Waals surface area contributed by atoms with Crippen molar-refractivity contribution < 1.29 is 15.0 Å². The number of anilines is 1. The van der Waals surface area contributed by atoms with Crippen molar-refractivity contribution in [3.8, 4) is 17.9 Å². The smallest absolute Gasteiger partial charge is 0.238 e. The number of hydrogen-bond acceptors (Lipinski definition) is 5. The van der Waals surface area contributed by atoms with Crippen LogP contribution in [0.4, 0.5) is 5.69 Å². The molecule has 0 radical (unpaired) electrons. The SMILES string of the molecule is N#CC(O)c1ccccc1C#Cc1cc(CO)ccc1NC(=O)CN. The molecule has 0 saturated heterocycles. The molecule has 0 aliphatic heterocycles. The van der Waals surface area contributed by atoms with Crippen LogP contribution in [0.15, 0.2) is 42.5 Å². The van der Waals surface area contributed by atoms with Gasteiger partial charge in [-0.15, -0.1) is 0 Å². The summed E-state index contributed by atoms with van der Waals surface area (Å²) in [6.45, 7) is -0.324. The number of rotatable bonds is 4. The molecule has 2 aromatic rings. The van der Waals surface area contributed by atoms with Gasteiger partial charge in [0.1, 0.15) is 0 Å². The van der Waals surface area contributed by atoms with Crippen LogP contribution in [-0.2, 0) is 11.4 Å². The number of aliphatic hydroxyl groups is 2. The summed E-state index contributed by atoms with van der Waals surface area (Å²) in [5.74, 6) is 5.46. The Morgan fingerprint density at radius 3 is 2.60 bits per heavy atom. The van der Waals surface area contributed by atoms with Crippen LogP contribution in [0.1, 0.15) is 28.4 Å². The minimum Gasteiger partial charge on any atom is -0.392 e. The molecule has 1 amide bonds. The Bertz CT molecular complexity index is 875. The molecule has 1 atom stereocenters. The van der Waals surface area contributed by atoms with Gasteiger partial charge in [0.2, 0.25) is 5.91 Å². The largest absolute Gasteiger partial charge is 0.392 e. The quantitative estimate of drug-likeness (QED) is 0.491. The van der Waals surface area contributed by atoms with Crippen molar-refractivity contribution in [3.05, 3.63) is 64.7 Å². The van der Waals surface area contributed by atoms with Gasteiger partial charge in [-0.2, -0.15) is 5.26 Å². The lowest BCUT2D eigenvalue weighted by atomic mass is 10.0. The highest BCUT2D eigenvalue weighted by Crippen LogP contribution is 2.19. The number of amides is 1. The first kappa shape index (κ1) is 18.2. The van der Waals surface area contributed by atoms with E-state index in [1.54, 1.807) is 48.5 Å². The molecule has 6 heteroatoms. The van der Waals surface area contributed by atoms with Crippen molar-refractivity contribution in [2.24, 2.45) is 5.73 Å². The van der Waals surface area contributed by atoms with Crippen LogP contribution < -0.4 is 11.1 Å². The monoisotopic (exact) mass is 335 g/mol. The molecule has 0 heterocycles. The summed E-state index contributed by atoms with van der Waals surface area (Å²) in [6.07, 6.45) is -1.27. The van der Waals surface area contributed by atoms with E-state index >= 15 is 0 Å². The van der Waals surface area contributed by atoms with E-state index in [0.717, 1.165) is 0 Å². The van der Waals surface area contributed by atoms with Crippen molar-refractivity contribution in [3.63, 3.8) is 0 Å². The van der Waals surface area contributed by atoms with E-state index in [2.05, 4.69) is 17.2 Å². The van der Waals surface area contributed by atoms with Gasteiger partial charge in [-0.1, -0.05) is 36.1 Å². The van der Waals surface area contributed by atoms with E-state index in [9.17, 15) is 15.0 Å². The Labute approximate surface area is 145 Å². The van der Waals surface area contributed by atoms with Gasteiger partial charge in [0, 0.05) is 16.7 Å². The number of nitrogens with two attached hydrogens (primary N) is 1. The van der Waals surface area contributed by atoms with Gasteiger partial charge >= 0.3 is 0 Å². The van der Waals surface area contributed by atoms with Crippen LogP contribution in [0, 0.1) is 23.2 Å². The van der Waals surface area contributed by atoms with Gasteiger partial charge in [-0.05, 0) is 23.8 Å². The van der Waals surface area contributed by atoms with Gasteiger partial charge in [0.05, 0.1) is 24.9 Å². The summed E-state index contributed by atoms with van der Waals surface area (Å²) >= 11 is 0. The van der Waals surface area contributed by atoms with Crippen molar-refractivity contribution in [1.82, 2.24) is 0 Å². The van der Waals surface area contributed by atoms with Crippen LogP contribution in [0.3, 0.4) is 0 Å². The minimum atomic E-state index is -1.27. The van der Waals surface area contributed by atoms with Crippen LogP contribution >= 0.6 is 0 Å². The Kier molecular flexibility index (Phi) is 6.27. The summed E-state index contributed by atoms with van der Waals surface area (Å²) in [5.41, 5.74) is 7.83. The first-order chi connectivity index (χ1) is 12.1. The second-order valence-corrected chi connectivity index (χ2v) is 5.16. The van der Waals surface area contributed by atoms with E-state index in [-0.39, 0.29) is 19.1 Å². The summed E-state index contributed by atoms with van der Waals surface area (Å²) in [7, 11) is 0. The van der Waals surface area contributed by atoms with Crippen LogP contribution in [0.5, 0.6) is 0 Å². The van der Waals surface area contributed by atoms with Crippen LogP contribution in [0.25, 0.3) is 0 Å².